The number of anilines is 1. The van der Waals surface area contributed by atoms with Gasteiger partial charge in [-0.1, -0.05) is 12.8 Å². The maximum Gasteiger partial charge on any atom is 0.180 e. The van der Waals surface area contributed by atoms with Gasteiger partial charge in [-0.05, 0) is 41.5 Å². The van der Waals surface area contributed by atoms with Gasteiger partial charge in [-0.15, -0.1) is 0 Å². The van der Waals surface area contributed by atoms with Crippen molar-refractivity contribution < 1.29 is 0 Å². The van der Waals surface area contributed by atoms with Crippen molar-refractivity contribution in [2.24, 2.45) is 0 Å². The van der Waals surface area contributed by atoms with Gasteiger partial charge in [0, 0.05) is 12.1 Å². The summed E-state index contributed by atoms with van der Waals surface area (Å²) in [6.07, 6.45) is 8.11. The molecule has 0 atom stereocenters. The van der Waals surface area contributed by atoms with Crippen LogP contribution in [0, 0.1) is 3.57 Å². The molecule has 1 saturated carbocycles. The van der Waals surface area contributed by atoms with Crippen molar-refractivity contribution in [2.45, 2.75) is 31.6 Å². The number of rotatable bonds is 2. The average Bonchev–Trinajstić information content (AvgIpc) is 2.96. The lowest BCUT2D eigenvalue weighted by atomic mass is 10.0. The van der Waals surface area contributed by atoms with E-state index in [0.717, 1.165) is 15.0 Å². The van der Waals surface area contributed by atoms with Gasteiger partial charge in [0.2, 0.25) is 0 Å². The fourth-order valence-electron chi connectivity index (χ4n) is 2.49. The molecule has 3 rings (SSSR count). The van der Waals surface area contributed by atoms with Gasteiger partial charge in [-0.3, -0.25) is 0 Å². The first kappa shape index (κ1) is 12.7. The van der Waals surface area contributed by atoms with Crippen LogP contribution in [-0.2, 0) is 0 Å². The monoisotopic (exact) mass is 367 g/mol. The standard InChI is InChI=1S/C13H14IN5/c14-10-11(8-3-1-2-4-8)18-13(19-12(10)15)9-5-6-16-7-17-9/h5-8H,1-4H2,(H2,15,18,19). The number of hydrogen-bond acceptors (Lipinski definition) is 5. The minimum Gasteiger partial charge on any atom is -0.383 e. The molecule has 2 aromatic rings. The summed E-state index contributed by atoms with van der Waals surface area (Å²) in [6, 6.07) is 1.81. The Morgan fingerprint density at radius 1 is 1.21 bits per heavy atom. The number of aromatic nitrogens is 4. The van der Waals surface area contributed by atoms with E-state index in [2.05, 4.69) is 37.5 Å². The molecular formula is C13H14IN5. The molecule has 1 aliphatic rings. The molecule has 2 heterocycles. The summed E-state index contributed by atoms with van der Waals surface area (Å²) < 4.78 is 0.988. The van der Waals surface area contributed by atoms with E-state index in [9.17, 15) is 0 Å². The van der Waals surface area contributed by atoms with Crippen LogP contribution < -0.4 is 5.73 Å². The fraction of sp³-hybridized carbons (Fsp3) is 0.385. The summed E-state index contributed by atoms with van der Waals surface area (Å²) in [4.78, 5) is 17.1. The van der Waals surface area contributed by atoms with Crippen LogP contribution in [0.5, 0.6) is 0 Å². The highest BCUT2D eigenvalue weighted by Crippen LogP contribution is 2.37. The molecule has 0 aromatic carbocycles. The largest absolute Gasteiger partial charge is 0.383 e. The summed E-state index contributed by atoms with van der Waals surface area (Å²) in [5.41, 5.74) is 7.83. The van der Waals surface area contributed by atoms with E-state index in [1.54, 1.807) is 12.3 Å². The SMILES string of the molecule is Nc1nc(-c2ccncn2)nc(C2CCCC2)c1I. The quantitative estimate of drug-likeness (QED) is 0.826. The molecule has 0 unspecified atom stereocenters. The summed E-state index contributed by atoms with van der Waals surface area (Å²) >= 11 is 2.25. The number of nitrogens with zero attached hydrogens (tertiary/aromatic N) is 4. The maximum absolute atomic E-state index is 6.02. The van der Waals surface area contributed by atoms with Crippen molar-refractivity contribution in [3.8, 4) is 11.5 Å². The van der Waals surface area contributed by atoms with Gasteiger partial charge in [-0.2, -0.15) is 0 Å². The first-order valence-corrected chi connectivity index (χ1v) is 7.43. The van der Waals surface area contributed by atoms with Gasteiger partial charge in [0.15, 0.2) is 5.82 Å². The molecule has 0 spiro atoms. The molecule has 2 aromatic heterocycles. The van der Waals surface area contributed by atoms with Crippen molar-refractivity contribution in [1.29, 1.82) is 0 Å². The van der Waals surface area contributed by atoms with Gasteiger partial charge in [-0.25, -0.2) is 19.9 Å². The molecule has 6 heteroatoms. The molecule has 2 N–H and O–H groups in total. The predicted molar refractivity (Wildman–Crippen MR) is 81.4 cm³/mol. The van der Waals surface area contributed by atoms with Crippen LogP contribution in [0.4, 0.5) is 5.82 Å². The van der Waals surface area contributed by atoms with E-state index in [0.29, 0.717) is 17.6 Å². The van der Waals surface area contributed by atoms with Crippen molar-refractivity contribution in [3.63, 3.8) is 0 Å². The minimum atomic E-state index is 0.512. The summed E-state index contributed by atoms with van der Waals surface area (Å²) in [5.74, 6) is 1.66. The van der Waals surface area contributed by atoms with Crippen LogP contribution in [-0.4, -0.2) is 19.9 Å². The van der Waals surface area contributed by atoms with Crippen LogP contribution in [0.3, 0.4) is 0 Å². The van der Waals surface area contributed by atoms with E-state index >= 15 is 0 Å². The molecule has 0 radical (unpaired) electrons. The molecule has 1 aliphatic carbocycles. The van der Waals surface area contributed by atoms with Gasteiger partial charge < -0.3 is 5.73 Å². The second-order valence-corrected chi connectivity index (χ2v) is 5.79. The van der Waals surface area contributed by atoms with Crippen molar-refractivity contribution in [3.05, 3.63) is 27.9 Å². The van der Waals surface area contributed by atoms with Crippen LogP contribution in [0.25, 0.3) is 11.5 Å². The Morgan fingerprint density at radius 3 is 2.68 bits per heavy atom. The molecule has 0 saturated heterocycles. The zero-order valence-electron chi connectivity index (χ0n) is 10.4. The van der Waals surface area contributed by atoms with E-state index in [1.165, 1.54) is 32.0 Å². The predicted octanol–water partition coefficient (Wildman–Crippen LogP) is 2.78. The Balaban J connectivity index is 2.07. The number of nitrogen functional groups attached to an aromatic ring is 1. The Hall–Kier alpha value is -1.31. The maximum atomic E-state index is 6.02. The van der Waals surface area contributed by atoms with E-state index < -0.39 is 0 Å². The highest BCUT2D eigenvalue weighted by molar-refractivity contribution is 14.1. The van der Waals surface area contributed by atoms with Crippen LogP contribution in [0.1, 0.15) is 37.3 Å². The van der Waals surface area contributed by atoms with Gasteiger partial charge in [0.05, 0.1) is 9.26 Å². The first-order valence-electron chi connectivity index (χ1n) is 6.35. The lowest BCUT2D eigenvalue weighted by Gasteiger charge is -2.13. The fourth-order valence-corrected chi connectivity index (χ4v) is 3.17. The third kappa shape index (κ3) is 2.54. The van der Waals surface area contributed by atoms with Crippen LogP contribution in [0.15, 0.2) is 18.6 Å². The van der Waals surface area contributed by atoms with Crippen molar-refractivity contribution in [2.75, 3.05) is 5.73 Å². The van der Waals surface area contributed by atoms with E-state index in [4.69, 9.17) is 10.7 Å². The minimum absolute atomic E-state index is 0.512. The molecule has 0 amide bonds. The normalized spacial score (nSPS) is 15.8. The molecule has 1 fully saturated rings. The van der Waals surface area contributed by atoms with Gasteiger partial charge in [0.25, 0.3) is 0 Å². The summed E-state index contributed by atoms with van der Waals surface area (Å²) in [7, 11) is 0. The highest BCUT2D eigenvalue weighted by Gasteiger charge is 2.23. The molecule has 19 heavy (non-hydrogen) atoms. The Labute approximate surface area is 125 Å². The highest BCUT2D eigenvalue weighted by atomic mass is 127. The topological polar surface area (TPSA) is 77.6 Å². The zero-order chi connectivity index (χ0) is 13.2. The van der Waals surface area contributed by atoms with Gasteiger partial charge >= 0.3 is 0 Å². The third-order valence-corrected chi connectivity index (χ3v) is 4.56. The Kier molecular flexibility index (Phi) is 3.58. The number of nitrogens with two attached hydrogens (primary N) is 1. The Bertz CT molecular complexity index is 581. The van der Waals surface area contributed by atoms with Gasteiger partial charge in [0.1, 0.15) is 17.8 Å². The number of halogens is 1. The van der Waals surface area contributed by atoms with E-state index in [-0.39, 0.29) is 0 Å². The van der Waals surface area contributed by atoms with Crippen LogP contribution in [0.2, 0.25) is 0 Å². The van der Waals surface area contributed by atoms with Crippen molar-refractivity contribution in [1.82, 2.24) is 19.9 Å². The second-order valence-electron chi connectivity index (χ2n) is 4.71. The Morgan fingerprint density at radius 2 is 2.00 bits per heavy atom. The average molecular weight is 367 g/mol. The smallest absolute Gasteiger partial charge is 0.180 e. The van der Waals surface area contributed by atoms with Crippen molar-refractivity contribution >= 4 is 28.4 Å². The molecule has 0 bridgehead atoms. The lowest BCUT2D eigenvalue weighted by molar-refractivity contribution is 0.691. The van der Waals surface area contributed by atoms with E-state index in [1.807, 2.05) is 0 Å². The molecule has 5 nitrogen and oxygen atoms in total. The zero-order valence-corrected chi connectivity index (χ0v) is 12.5. The summed E-state index contributed by atoms with van der Waals surface area (Å²) in [6.45, 7) is 0. The molecular weight excluding hydrogens is 353 g/mol. The lowest BCUT2D eigenvalue weighted by Crippen LogP contribution is -2.08. The molecule has 0 aliphatic heterocycles. The first-order chi connectivity index (χ1) is 9.25. The molecule has 98 valence electrons. The second kappa shape index (κ2) is 5.36. The third-order valence-electron chi connectivity index (χ3n) is 3.46. The van der Waals surface area contributed by atoms with Crippen LogP contribution >= 0.6 is 22.6 Å². The number of hydrogen-bond donors (Lipinski definition) is 1. The summed E-state index contributed by atoms with van der Waals surface area (Å²) in [5, 5.41) is 0.